The highest BCUT2D eigenvalue weighted by molar-refractivity contribution is 7.09. The van der Waals surface area contributed by atoms with Gasteiger partial charge in [0.1, 0.15) is 0 Å². The van der Waals surface area contributed by atoms with Crippen LogP contribution in [0.25, 0.3) is 0 Å². The van der Waals surface area contributed by atoms with Gasteiger partial charge in [-0.25, -0.2) is 0 Å². The molecule has 0 saturated carbocycles. The molecule has 2 aromatic rings. The largest absolute Gasteiger partial charge is 0.399 e. The van der Waals surface area contributed by atoms with Gasteiger partial charge in [-0.05, 0) is 43.0 Å². The minimum absolute atomic E-state index is 0.468. The van der Waals surface area contributed by atoms with Gasteiger partial charge in [0.15, 0.2) is 0 Å². The first-order valence-electron chi connectivity index (χ1n) is 6.36. The zero-order valence-electron chi connectivity index (χ0n) is 11.3. The number of hydrogen-bond donors (Lipinski definition) is 1. The fourth-order valence-corrected chi connectivity index (χ4v) is 2.91. The molecule has 1 aromatic heterocycles. The Labute approximate surface area is 123 Å². The second-order valence-corrected chi connectivity index (χ2v) is 6.37. The Kier molecular flexibility index (Phi) is 4.86. The van der Waals surface area contributed by atoms with Crippen molar-refractivity contribution in [3.8, 4) is 0 Å². The minimum atomic E-state index is 0.468. The summed E-state index contributed by atoms with van der Waals surface area (Å²) >= 11 is 8.05. The summed E-state index contributed by atoms with van der Waals surface area (Å²) in [6.45, 7) is 6.21. The maximum absolute atomic E-state index is 6.26. The van der Waals surface area contributed by atoms with Crippen LogP contribution in [-0.4, -0.2) is 10.9 Å². The molecule has 2 N–H and O–H groups in total. The molecule has 0 aliphatic heterocycles. The van der Waals surface area contributed by atoms with Crippen LogP contribution in [0, 0.1) is 0 Å². The number of nitrogens with two attached hydrogens (primary N) is 1. The van der Waals surface area contributed by atoms with Crippen molar-refractivity contribution in [3.05, 3.63) is 51.2 Å². The van der Waals surface area contributed by atoms with Crippen molar-refractivity contribution in [1.29, 1.82) is 0 Å². The van der Waals surface area contributed by atoms with Crippen LogP contribution in [-0.2, 0) is 13.1 Å². The van der Waals surface area contributed by atoms with E-state index in [9.17, 15) is 0 Å². The lowest BCUT2D eigenvalue weighted by Gasteiger charge is -2.26. The topological polar surface area (TPSA) is 29.3 Å². The summed E-state index contributed by atoms with van der Waals surface area (Å²) in [7, 11) is 0. The number of benzene rings is 1. The molecule has 0 aliphatic carbocycles. The summed E-state index contributed by atoms with van der Waals surface area (Å²) in [4.78, 5) is 3.78. The van der Waals surface area contributed by atoms with Crippen molar-refractivity contribution in [2.45, 2.75) is 33.0 Å². The molecule has 0 amide bonds. The summed E-state index contributed by atoms with van der Waals surface area (Å²) in [6.07, 6.45) is 0. The van der Waals surface area contributed by atoms with Crippen molar-refractivity contribution >= 4 is 28.6 Å². The van der Waals surface area contributed by atoms with Crippen molar-refractivity contribution in [3.63, 3.8) is 0 Å². The van der Waals surface area contributed by atoms with Gasteiger partial charge in [-0.15, -0.1) is 11.3 Å². The third kappa shape index (κ3) is 3.96. The third-order valence-electron chi connectivity index (χ3n) is 3.12. The molecule has 0 bridgehead atoms. The van der Waals surface area contributed by atoms with E-state index in [2.05, 4.69) is 36.3 Å². The predicted octanol–water partition coefficient (Wildman–Crippen LogP) is 4.39. The monoisotopic (exact) mass is 294 g/mol. The standard InChI is InChI=1S/C15H19ClN2S/c1-11(2)18(10-14-4-3-7-19-14)9-12-5-6-13(17)8-15(12)16/h3-8,11H,9-10,17H2,1-2H3. The Morgan fingerprint density at radius 3 is 2.63 bits per heavy atom. The van der Waals surface area contributed by atoms with E-state index in [0.717, 1.165) is 23.7 Å². The van der Waals surface area contributed by atoms with Gasteiger partial charge in [-0.2, -0.15) is 0 Å². The highest BCUT2D eigenvalue weighted by Gasteiger charge is 2.13. The van der Waals surface area contributed by atoms with Gasteiger partial charge < -0.3 is 5.73 Å². The lowest BCUT2D eigenvalue weighted by Crippen LogP contribution is -2.29. The van der Waals surface area contributed by atoms with E-state index in [0.29, 0.717) is 11.7 Å². The van der Waals surface area contributed by atoms with E-state index in [1.807, 2.05) is 18.2 Å². The SMILES string of the molecule is CC(C)N(Cc1cccs1)Cc1ccc(N)cc1Cl. The molecule has 2 rings (SSSR count). The van der Waals surface area contributed by atoms with E-state index in [1.165, 1.54) is 4.88 Å². The molecule has 0 unspecified atom stereocenters. The van der Waals surface area contributed by atoms with Crippen molar-refractivity contribution in [1.82, 2.24) is 4.90 Å². The van der Waals surface area contributed by atoms with Gasteiger partial charge in [0, 0.05) is 34.7 Å². The zero-order chi connectivity index (χ0) is 13.8. The van der Waals surface area contributed by atoms with Crippen LogP contribution >= 0.6 is 22.9 Å². The van der Waals surface area contributed by atoms with Gasteiger partial charge in [0.05, 0.1) is 0 Å². The molecule has 0 radical (unpaired) electrons. The van der Waals surface area contributed by atoms with Crippen LogP contribution in [0.1, 0.15) is 24.3 Å². The highest BCUT2D eigenvalue weighted by Crippen LogP contribution is 2.23. The second kappa shape index (κ2) is 6.42. The van der Waals surface area contributed by atoms with E-state index >= 15 is 0 Å². The molecule has 2 nitrogen and oxygen atoms in total. The molecule has 0 fully saturated rings. The maximum Gasteiger partial charge on any atom is 0.0471 e. The van der Waals surface area contributed by atoms with E-state index in [4.69, 9.17) is 17.3 Å². The normalized spacial score (nSPS) is 11.4. The molecule has 0 atom stereocenters. The molecular weight excluding hydrogens is 276 g/mol. The summed E-state index contributed by atoms with van der Waals surface area (Å²) in [6, 6.07) is 10.5. The number of rotatable bonds is 5. The van der Waals surface area contributed by atoms with Crippen LogP contribution in [0.2, 0.25) is 5.02 Å². The lowest BCUT2D eigenvalue weighted by molar-refractivity contribution is 0.205. The second-order valence-electron chi connectivity index (χ2n) is 4.93. The predicted molar refractivity (Wildman–Crippen MR) is 84.6 cm³/mol. The van der Waals surface area contributed by atoms with Crippen molar-refractivity contribution < 1.29 is 0 Å². The smallest absolute Gasteiger partial charge is 0.0471 e. The first kappa shape index (κ1) is 14.4. The number of nitrogens with zero attached hydrogens (tertiary/aromatic N) is 1. The average molecular weight is 295 g/mol. The molecule has 1 heterocycles. The quantitative estimate of drug-likeness (QED) is 0.829. The number of halogens is 1. The minimum Gasteiger partial charge on any atom is -0.399 e. The fourth-order valence-electron chi connectivity index (χ4n) is 1.93. The van der Waals surface area contributed by atoms with Crippen molar-refractivity contribution in [2.75, 3.05) is 5.73 Å². The highest BCUT2D eigenvalue weighted by atomic mass is 35.5. The van der Waals surface area contributed by atoms with Gasteiger partial charge in [0.25, 0.3) is 0 Å². The van der Waals surface area contributed by atoms with E-state index in [1.54, 1.807) is 11.3 Å². The zero-order valence-corrected chi connectivity index (χ0v) is 12.8. The molecule has 1 aromatic carbocycles. The molecule has 19 heavy (non-hydrogen) atoms. The van der Waals surface area contributed by atoms with Gasteiger partial charge in [-0.1, -0.05) is 23.7 Å². The summed E-state index contributed by atoms with van der Waals surface area (Å²) in [5.41, 5.74) is 7.57. The van der Waals surface area contributed by atoms with Gasteiger partial charge in [0.2, 0.25) is 0 Å². The number of nitrogen functional groups attached to an aromatic ring is 1. The van der Waals surface area contributed by atoms with E-state index in [-0.39, 0.29) is 0 Å². The van der Waals surface area contributed by atoms with Crippen LogP contribution < -0.4 is 5.73 Å². The Morgan fingerprint density at radius 1 is 1.26 bits per heavy atom. The lowest BCUT2D eigenvalue weighted by atomic mass is 10.1. The summed E-state index contributed by atoms with van der Waals surface area (Å²) in [5.74, 6) is 0. The molecule has 0 aliphatic rings. The summed E-state index contributed by atoms with van der Waals surface area (Å²) in [5, 5.41) is 2.86. The molecule has 102 valence electrons. The average Bonchev–Trinajstić information content (AvgIpc) is 2.84. The first-order chi connectivity index (χ1) is 9.06. The molecule has 0 saturated heterocycles. The Hall–Kier alpha value is -1.03. The van der Waals surface area contributed by atoms with Gasteiger partial charge >= 0.3 is 0 Å². The van der Waals surface area contributed by atoms with Crippen LogP contribution in [0.15, 0.2) is 35.7 Å². The Balaban J connectivity index is 2.12. The van der Waals surface area contributed by atoms with Gasteiger partial charge in [-0.3, -0.25) is 4.90 Å². The first-order valence-corrected chi connectivity index (χ1v) is 7.62. The molecule has 4 heteroatoms. The fraction of sp³-hybridized carbons (Fsp3) is 0.333. The van der Waals surface area contributed by atoms with Crippen LogP contribution in [0.3, 0.4) is 0 Å². The Bertz CT molecular complexity index is 523. The van der Waals surface area contributed by atoms with Crippen molar-refractivity contribution in [2.24, 2.45) is 0 Å². The number of anilines is 1. The van der Waals surface area contributed by atoms with Crippen LogP contribution in [0.5, 0.6) is 0 Å². The van der Waals surface area contributed by atoms with Crippen LogP contribution in [0.4, 0.5) is 5.69 Å². The maximum atomic E-state index is 6.26. The third-order valence-corrected chi connectivity index (χ3v) is 4.33. The Morgan fingerprint density at radius 2 is 2.05 bits per heavy atom. The number of hydrogen-bond acceptors (Lipinski definition) is 3. The summed E-state index contributed by atoms with van der Waals surface area (Å²) < 4.78 is 0. The molecule has 0 spiro atoms. The number of thiophene rings is 1. The molecular formula is C15H19ClN2S. The van der Waals surface area contributed by atoms with E-state index < -0.39 is 0 Å².